The number of pyridine rings is 1. The lowest BCUT2D eigenvalue weighted by Gasteiger charge is -2.17. The van der Waals surface area contributed by atoms with Gasteiger partial charge in [0.15, 0.2) is 0 Å². The van der Waals surface area contributed by atoms with E-state index in [1.54, 1.807) is 29.8 Å². The molecule has 0 amide bonds. The van der Waals surface area contributed by atoms with Crippen molar-refractivity contribution in [3.8, 4) is 11.3 Å². The summed E-state index contributed by atoms with van der Waals surface area (Å²) in [5, 5.41) is 10.8. The number of nitrogens with zero attached hydrogens (tertiary/aromatic N) is 1. The molecule has 1 N–H and O–H groups in total. The largest absolute Gasteiger partial charge is 0.481 e. The number of benzene rings is 2. The third kappa shape index (κ3) is 2.93. The van der Waals surface area contributed by atoms with Crippen LogP contribution in [0.3, 0.4) is 0 Å². The summed E-state index contributed by atoms with van der Waals surface area (Å²) in [6.07, 6.45) is 0.335. The molecule has 0 saturated heterocycles. The summed E-state index contributed by atoms with van der Waals surface area (Å²) in [7, 11) is 1.70. The lowest BCUT2D eigenvalue weighted by molar-refractivity contribution is -0.136. The van der Waals surface area contributed by atoms with Crippen LogP contribution in [0.1, 0.15) is 12.0 Å². The van der Waals surface area contributed by atoms with E-state index >= 15 is 0 Å². The molecule has 3 aromatic rings. The van der Waals surface area contributed by atoms with Crippen LogP contribution in [0.25, 0.3) is 22.0 Å². The van der Waals surface area contributed by atoms with Crippen LogP contribution in [0.5, 0.6) is 0 Å². The number of aryl methyl sites for hydroxylation is 1. The number of hydrogen-bond donors (Lipinski definition) is 1. The van der Waals surface area contributed by atoms with Crippen LogP contribution in [-0.2, 0) is 18.3 Å². The van der Waals surface area contributed by atoms with E-state index in [1.807, 2.05) is 30.3 Å². The molecule has 0 bridgehead atoms. The number of aliphatic carboxylic acids is 1. The quantitative estimate of drug-likeness (QED) is 0.783. The number of carboxylic acid groups (broad SMARTS) is 1. The third-order valence-electron chi connectivity index (χ3n) is 4.10. The van der Waals surface area contributed by atoms with Crippen molar-refractivity contribution in [2.45, 2.75) is 12.8 Å². The van der Waals surface area contributed by atoms with E-state index in [-0.39, 0.29) is 12.0 Å². The maximum absolute atomic E-state index is 12.8. The van der Waals surface area contributed by atoms with Crippen LogP contribution in [0.2, 0.25) is 5.02 Å². The van der Waals surface area contributed by atoms with Gasteiger partial charge < -0.3 is 9.67 Å². The summed E-state index contributed by atoms with van der Waals surface area (Å²) in [6.45, 7) is 0. The average molecular weight is 342 g/mol. The molecule has 5 heteroatoms. The Labute approximate surface area is 143 Å². The number of fused-ring (bicyclic) bond motifs is 1. The van der Waals surface area contributed by atoms with Gasteiger partial charge in [-0.1, -0.05) is 48.0 Å². The fourth-order valence-corrected chi connectivity index (χ4v) is 3.19. The molecular formula is C19H16ClNO3. The molecule has 0 radical (unpaired) electrons. The molecule has 4 nitrogen and oxygen atoms in total. The number of halogens is 1. The number of carbonyl (C=O) groups is 1. The highest BCUT2D eigenvalue weighted by atomic mass is 35.5. The molecule has 0 aliphatic heterocycles. The molecule has 1 heterocycles. The number of rotatable bonds is 4. The van der Waals surface area contributed by atoms with Gasteiger partial charge in [0.25, 0.3) is 5.56 Å². The van der Waals surface area contributed by atoms with Crippen LogP contribution >= 0.6 is 11.6 Å². The molecule has 122 valence electrons. The van der Waals surface area contributed by atoms with Crippen LogP contribution < -0.4 is 5.56 Å². The summed E-state index contributed by atoms with van der Waals surface area (Å²) in [4.78, 5) is 23.8. The van der Waals surface area contributed by atoms with Gasteiger partial charge in [0, 0.05) is 23.9 Å². The van der Waals surface area contributed by atoms with E-state index in [1.165, 1.54) is 0 Å². The fraction of sp³-hybridized carbons (Fsp3) is 0.158. The van der Waals surface area contributed by atoms with Gasteiger partial charge in [-0.3, -0.25) is 9.59 Å². The Bertz CT molecular complexity index is 977. The highest BCUT2D eigenvalue weighted by molar-refractivity contribution is 6.31. The van der Waals surface area contributed by atoms with Gasteiger partial charge in [0.05, 0.1) is 5.69 Å². The highest BCUT2D eigenvalue weighted by Gasteiger charge is 2.17. The minimum Gasteiger partial charge on any atom is -0.481 e. The molecule has 1 aromatic heterocycles. The first kappa shape index (κ1) is 16.3. The smallest absolute Gasteiger partial charge is 0.303 e. The molecule has 24 heavy (non-hydrogen) atoms. The maximum atomic E-state index is 12.8. The minimum absolute atomic E-state index is 0.00420. The van der Waals surface area contributed by atoms with E-state index in [9.17, 15) is 9.59 Å². The zero-order valence-electron chi connectivity index (χ0n) is 13.1. The van der Waals surface area contributed by atoms with Crippen LogP contribution in [0.4, 0.5) is 0 Å². The summed E-state index contributed by atoms with van der Waals surface area (Å²) >= 11 is 6.04. The molecule has 2 aromatic carbocycles. The topological polar surface area (TPSA) is 59.3 Å². The van der Waals surface area contributed by atoms with E-state index in [0.29, 0.717) is 16.8 Å². The molecule has 0 atom stereocenters. The first-order valence-corrected chi connectivity index (χ1v) is 7.95. The third-order valence-corrected chi connectivity index (χ3v) is 4.33. The molecule has 0 aliphatic rings. The van der Waals surface area contributed by atoms with Gasteiger partial charge in [0.2, 0.25) is 0 Å². The highest BCUT2D eigenvalue weighted by Crippen LogP contribution is 2.30. The molecule has 0 saturated carbocycles. The molecule has 0 fully saturated rings. The lowest BCUT2D eigenvalue weighted by atomic mass is 9.96. The van der Waals surface area contributed by atoms with Crippen molar-refractivity contribution in [1.82, 2.24) is 4.57 Å². The van der Waals surface area contributed by atoms with Crippen LogP contribution in [0.15, 0.2) is 53.3 Å². The number of aromatic nitrogens is 1. The summed E-state index contributed by atoms with van der Waals surface area (Å²) in [5.74, 6) is -0.870. The van der Waals surface area contributed by atoms with Crippen molar-refractivity contribution in [1.29, 1.82) is 0 Å². The Kier molecular flexibility index (Phi) is 4.40. The molecule has 3 rings (SSSR count). The van der Waals surface area contributed by atoms with E-state index in [2.05, 4.69) is 0 Å². The summed E-state index contributed by atoms with van der Waals surface area (Å²) < 4.78 is 1.57. The molecule has 0 spiro atoms. The predicted molar refractivity (Wildman–Crippen MR) is 95.6 cm³/mol. The Morgan fingerprint density at radius 2 is 1.83 bits per heavy atom. The van der Waals surface area contributed by atoms with Gasteiger partial charge in [-0.05, 0) is 35.1 Å². The Morgan fingerprint density at radius 3 is 2.50 bits per heavy atom. The lowest BCUT2D eigenvalue weighted by Crippen LogP contribution is -2.21. The molecule has 0 unspecified atom stereocenters. The fourth-order valence-electron chi connectivity index (χ4n) is 3.02. The van der Waals surface area contributed by atoms with E-state index < -0.39 is 5.97 Å². The normalized spacial score (nSPS) is 10.9. The second kappa shape index (κ2) is 6.49. The summed E-state index contributed by atoms with van der Waals surface area (Å²) in [6, 6.07) is 14.7. The second-order valence-corrected chi connectivity index (χ2v) is 6.08. The van der Waals surface area contributed by atoms with Crippen LogP contribution in [0, 0.1) is 0 Å². The molecular weight excluding hydrogens is 326 g/mol. The monoisotopic (exact) mass is 341 g/mol. The van der Waals surface area contributed by atoms with Crippen molar-refractivity contribution >= 4 is 28.3 Å². The van der Waals surface area contributed by atoms with Gasteiger partial charge in [-0.15, -0.1) is 0 Å². The second-order valence-electron chi connectivity index (χ2n) is 5.64. The zero-order valence-corrected chi connectivity index (χ0v) is 13.9. The first-order chi connectivity index (χ1) is 11.5. The minimum atomic E-state index is -0.870. The van der Waals surface area contributed by atoms with Crippen molar-refractivity contribution in [2.75, 3.05) is 0 Å². The SMILES string of the molecule is Cn1c(-c2ccccc2)c(CCC(=O)O)c2ccc(Cl)cc2c1=O. The average Bonchev–Trinajstić information content (AvgIpc) is 2.57. The van der Waals surface area contributed by atoms with E-state index in [0.717, 1.165) is 22.2 Å². The predicted octanol–water partition coefficient (Wildman–Crippen LogP) is 3.88. The van der Waals surface area contributed by atoms with Crippen molar-refractivity contribution < 1.29 is 9.90 Å². The van der Waals surface area contributed by atoms with Gasteiger partial charge in [-0.2, -0.15) is 0 Å². The summed E-state index contributed by atoms with van der Waals surface area (Å²) in [5.41, 5.74) is 2.33. The Hall–Kier alpha value is -2.59. The van der Waals surface area contributed by atoms with Crippen molar-refractivity contribution in [2.24, 2.45) is 7.05 Å². The Morgan fingerprint density at radius 1 is 1.12 bits per heavy atom. The van der Waals surface area contributed by atoms with Gasteiger partial charge >= 0.3 is 5.97 Å². The number of carboxylic acids is 1. The maximum Gasteiger partial charge on any atom is 0.303 e. The van der Waals surface area contributed by atoms with Crippen molar-refractivity contribution in [3.05, 3.63) is 69.5 Å². The van der Waals surface area contributed by atoms with Crippen LogP contribution in [-0.4, -0.2) is 15.6 Å². The zero-order chi connectivity index (χ0) is 17.3. The van der Waals surface area contributed by atoms with Gasteiger partial charge in [0.1, 0.15) is 0 Å². The number of hydrogen-bond acceptors (Lipinski definition) is 2. The van der Waals surface area contributed by atoms with Crippen molar-refractivity contribution in [3.63, 3.8) is 0 Å². The molecule has 0 aliphatic carbocycles. The Balaban J connectivity index is 2.38. The first-order valence-electron chi connectivity index (χ1n) is 7.57. The van der Waals surface area contributed by atoms with E-state index in [4.69, 9.17) is 16.7 Å². The standard InChI is InChI=1S/C19H16ClNO3/c1-21-18(12-5-3-2-4-6-12)15(9-10-17(22)23)14-8-7-13(20)11-16(14)19(21)24/h2-8,11H,9-10H2,1H3,(H,22,23). The van der Waals surface area contributed by atoms with Gasteiger partial charge in [-0.25, -0.2) is 0 Å².